The second-order valence-corrected chi connectivity index (χ2v) is 23.2. The molecule has 0 rings (SSSR count). The van der Waals surface area contributed by atoms with Crippen molar-refractivity contribution in [1.29, 1.82) is 0 Å². The third kappa shape index (κ3) is 59.6. The van der Waals surface area contributed by atoms with Crippen LogP contribution in [0.15, 0.2) is 24.3 Å². The highest BCUT2D eigenvalue weighted by Gasteiger charge is 2.18. The summed E-state index contributed by atoms with van der Waals surface area (Å²) in [5.74, 6) is -0.0565. The summed E-state index contributed by atoms with van der Waals surface area (Å²) in [6.45, 7) is 4.92. The van der Waals surface area contributed by atoms with Gasteiger partial charge in [0.25, 0.3) is 0 Å². The Kier molecular flexibility index (Phi) is 62.4. The zero-order valence-corrected chi connectivity index (χ0v) is 50.1. The molecule has 1 amide bonds. The Morgan fingerprint density at radius 3 is 0.959 bits per heavy atom. The minimum atomic E-state index is -0.844. The minimum Gasteiger partial charge on any atom is -0.466 e. The molecule has 0 saturated heterocycles. The molecule has 0 bridgehead atoms. The monoisotopic (exact) mass is 1040 g/mol. The predicted octanol–water partition coefficient (Wildman–Crippen LogP) is 21.4. The number of rotatable bonds is 63. The van der Waals surface area contributed by atoms with Crippen molar-refractivity contribution in [2.75, 3.05) is 13.2 Å². The molecule has 0 spiro atoms. The summed E-state index contributed by atoms with van der Waals surface area (Å²) < 4.78 is 5.48. The van der Waals surface area contributed by atoms with Gasteiger partial charge in [-0.25, -0.2) is 0 Å². The Labute approximate surface area is 462 Å². The molecule has 2 atom stereocenters. The molecule has 6 heteroatoms. The lowest BCUT2D eigenvalue weighted by molar-refractivity contribution is -0.143. The van der Waals surface area contributed by atoms with Gasteiger partial charge in [0.2, 0.25) is 5.91 Å². The van der Waals surface area contributed by atoms with Gasteiger partial charge in [-0.1, -0.05) is 327 Å². The zero-order valence-electron chi connectivity index (χ0n) is 50.1. The van der Waals surface area contributed by atoms with E-state index in [-0.39, 0.29) is 18.5 Å². The van der Waals surface area contributed by atoms with Crippen molar-refractivity contribution < 1.29 is 24.5 Å². The van der Waals surface area contributed by atoms with Crippen LogP contribution in [0.1, 0.15) is 373 Å². The quantitative estimate of drug-likeness (QED) is 0.0320. The summed E-state index contributed by atoms with van der Waals surface area (Å²) in [5.41, 5.74) is 0. The first kappa shape index (κ1) is 72.3. The number of hydrogen-bond donors (Lipinski definition) is 3. The van der Waals surface area contributed by atoms with E-state index in [4.69, 9.17) is 4.74 Å². The van der Waals surface area contributed by atoms with Gasteiger partial charge in [-0.15, -0.1) is 0 Å². The number of esters is 1. The molecule has 0 aromatic rings. The summed E-state index contributed by atoms with van der Waals surface area (Å²) in [5, 5.41) is 23.2. The van der Waals surface area contributed by atoms with Crippen LogP contribution in [0.3, 0.4) is 0 Å². The Morgan fingerprint density at radius 1 is 0.365 bits per heavy atom. The number of carbonyl (C=O) groups excluding carboxylic acids is 2. The topological polar surface area (TPSA) is 95.9 Å². The number of hydrogen-bond acceptors (Lipinski definition) is 5. The summed E-state index contributed by atoms with van der Waals surface area (Å²) in [6.07, 6.45) is 79.5. The first-order chi connectivity index (χ1) is 36.5. The molecule has 0 aromatic heterocycles. The minimum absolute atomic E-state index is 0.00701. The highest BCUT2D eigenvalue weighted by atomic mass is 16.5. The molecule has 438 valence electrons. The Hall–Kier alpha value is -1.66. The number of ether oxygens (including phenoxy) is 1. The predicted molar refractivity (Wildman–Crippen MR) is 324 cm³/mol. The number of aliphatic hydroxyl groups is 2. The average Bonchev–Trinajstić information content (AvgIpc) is 3.40. The lowest BCUT2D eigenvalue weighted by atomic mass is 10.0. The maximum absolute atomic E-state index is 12.5. The van der Waals surface area contributed by atoms with E-state index >= 15 is 0 Å². The molecule has 74 heavy (non-hydrogen) atoms. The van der Waals surface area contributed by atoms with Crippen LogP contribution in [-0.2, 0) is 14.3 Å². The van der Waals surface area contributed by atoms with Crippen molar-refractivity contribution in [2.45, 2.75) is 386 Å². The van der Waals surface area contributed by atoms with Crippen molar-refractivity contribution in [1.82, 2.24) is 5.32 Å². The SMILES string of the molecule is CCCCCCC/C=C\CCCCCCCC(=O)OCCCCCCCCCCCCCCCCCCCCCCCCCCC(=O)NC(CO)C(O)/C=C/CCCCCCCCCCCCCCCCCCC. The van der Waals surface area contributed by atoms with E-state index in [1.165, 1.54) is 302 Å². The highest BCUT2D eigenvalue weighted by molar-refractivity contribution is 5.76. The van der Waals surface area contributed by atoms with E-state index in [2.05, 4.69) is 31.3 Å². The van der Waals surface area contributed by atoms with Crippen LogP contribution < -0.4 is 5.32 Å². The largest absolute Gasteiger partial charge is 0.466 e. The van der Waals surface area contributed by atoms with Crippen molar-refractivity contribution in [3.05, 3.63) is 24.3 Å². The van der Waals surface area contributed by atoms with E-state index in [0.717, 1.165) is 44.9 Å². The smallest absolute Gasteiger partial charge is 0.305 e. The van der Waals surface area contributed by atoms with Crippen molar-refractivity contribution in [3.63, 3.8) is 0 Å². The first-order valence-electron chi connectivity index (χ1n) is 33.6. The van der Waals surface area contributed by atoms with E-state index < -0.39 is 12.1 Å². The molecule has 3 N–H and O–H groups in total. The number of nitrogens with one attached hydrogen (secondary N) is 1. The molecule has 0 fully saturated rings. The third-order valence-corrected chi connectivity index (χ3v) is 15.7. The Bertz CT molecular complexity index is 1150. The van der Waals surface area contributed by atoms with Crippen LogP contribution in [0, 0.1) is 0 Å². The van der Waals surface area contributed by atoms with Crippen LogP contribution in [0.4, 0.5) is 0 Å². The van der Waals surface area contributed by atoms with Crippen molar-refractivity contribution >= 4 is 11.9 Å². The van der Waals surface area contributed by atoms with Crippen molar-refractivity contribution in [2.24, 2.45) is 0 Å². The van der Waals surface area contributed by atoms with Crippen LogP contribution in [0.5, 0.6) is 0 Å². The third-order valence-electron chi connectivity index (χ3n) is 15.7. The fraction of sp³-hybridized carbons (Fsp3) is 0.912. The van der Waals surface area contributed by atoms with Gasteiger partial charge in [0.05, 0.1) is 25.4 Å². The molecular weight excluding hydrogens is 911 g/mol. The summed E-state index contributed by atoms with van der Waals surface area (Å²) in [6, 6.07) is -0.627. The van der Waals surface area contributed by atoms with Gasteiger partial charge in [-0.3, -0.25) is 9.59 Å². The number of amides is 1. The fourth-order valence-electron chi connectivity index (χ4n) is 10.6. The summed E-state index contributed by atoms with van der Waals surface area (Å²) in [4.78, 5) is 24.6. The maximum Gasteiger partial charge on any atom is 0.305 e. The van der Waals surface area contributed by atoms with Crippen LogP contribution in [0.25, 0.3) is 0 Å². The van der Waals surface area contributed by atoms with Gasteiger partial charge >= 0.3 is 5.97 Å². The number of unbranched alkanes of at least 4 members (excludes halogenated alkanes) is 50. The van der Waals surface area contributed by atoms with Gasteiger partial charge in [0.1, 0.15) is 0 Å². The molecule has 0 aliphatic heterocycles. The maximum atomic E-state index is 12.5. The summed E-state index contributed by atoms with van der Waals surface area (Å²) >= 11 is 0. The van der Waals surface area contributed by atoms with Gasteiger partial charge < -0.3 is 20.3 Å². The Balaban J connectivity index is 3.39. The van der Waals surface area contributed by atoms with Crippen molar-refractivity contribution in [3.8, 4) is 0 Å². The molecule has 6 nitrogen and oxygen atoms in total. The summed E-state index contributed by atoms with van der Waals surface area (Å²) in [7, 11) is 0. The molecule has 0 saturated carbocycles. The molecular formula is C68H131NO5. The second-order valence-electron chi connectivity index (χ2n) is 23.2. The standard InChI is InChI=1S/C68H131NO5/c1-3-5-7-9-11-13-15-17-19-20-27-30-33-36-40-44-48-52-56-60-66(71)65(64-70)69-67(72)61-57-53-49-45-41-37-34-31-28-25-23-21-22-24-26-29-32-35-39-43-47-51-55-59-63-74-68(73)62-58-54-50-46-42-38-18-16-14-12-10-8-6-4-2/h16,18,56,60,65-66,70-71H,3-15,17,19-55,57-59,61-64H2,1-2H3,(H,69,72)/b18-16-,60-56+. The van der Waals surface area contributed by atoms with Crippen LogP contribution in [0.2, 0.25) is 0 Å². The molecule has 0 aliphatic carbocycles. The normalized spacial score (nSPS) is 12.6. The van der Waals surface area contributed by atoms with Crippen LogP contribution in [-0.4, -0.2) is 47.4 Å². The van der Waals surface area contributed by atoms with E-state index in [9.17, 15) is 19.8 Å². The van der Waals surface area contributed by atoms with E-state index in [1.807, 2.05) is 6.08 Å². The van der Waals surface area contributed by atoms with Gasteiger partial charge in [-0.05, 0) is 57.8 Å². The Morgan fingerprint density at radius 2 is 0.635 bits per heavy atom. The average molecular weight is 1040 g/mol. The van der Waals surface area contributed by atoms with Gasteiger partial charge in [-0.2, -0.15) is 0 Å². The van der Waals surface area contributed by atoms with Gasteiger partial charge in [0.15, 0.2) is 0 Å². The highest BCUT2D eigenvalue weighted by Crippen LogP contribution is 2.18. The number of aliphatic hydroxyl groups excluding tert-OH is 2. The van der Waals surface area contributed by atoms with E-state index in [1.54, 1.807) is 6.08 Å². The molecule has 0 aliphatic rings. The number of allylic oxidation sites excluding steroid dienone is 3. The molecule has 0 heterocycles. The number of carbonyl (C=O) groups is 2. The van der Waals surface area contributed by atoms with Gasteiger partial charge in [0, 0.05) is 12.8 Å². The zero-order chi connectivity index (χ0) is 53.6. The lowest BCUT2D eigenvalue weighted by Gasteiger charge is -2.20. The molecule has 0 aromatic carbocycles. The molecule has 2 unspecified atom stereocenters. The fourth-order valence-corrected chi connectivity index (χ4v) is 10.6. The van der Waals surface area contributed by atoms with E-state index in [0.29, 0.717) is 19.4 Å². The molecule has 0 radical (unpaired) electrons. The first-order valence-corrected chi connectivity index (χ1v) is 33.6. The van der Waals surface area contributed by atoms with Crippen LogP contribution >= 0.6 is 0 Å². The second kappa shape index (κ2) is 63.9. The lowest BCUT2D eigenvalue weighted by Crippen LogP contribution is -2.45.